The van der Waals surface area contributed by atoms with E-state index in [9.17, 15) is 4.79 Å². The maximum Gasteiger partial charge on any atom is 0.165 e. The second kappa shape index (κ2) is 2.50. The molecule has 0 aromatic rings. The van der Waals surface area contributed by atoms with E-state index in [2.05, 4.69) is 12.2 Å². The Bertz CT molecular complexity index is 258. The van der Waals surface area contributed by atoms with E-state index >= 15 is 0 Å². The first-order valence-corrected chi connectivity index (χ1v) is 3.93. The summed E-state index contributed by atoms with van der Waals surface area (Å²) in [5.74, 6) is 0.668. The number of carbonyl (C=O) groups excluding carboxylic acids is 1. The lowest BCUT2D eigenvalue weighted by atomic mass is 10.0. The summed E-state index contributed by atoms with van der Waals surface area (Å²) in [5, 5.41) is 0. The van der Waals surface area contributed by atoms with E-state index in [-0.39, 0.29) is 11.7 Å². The van der Waals surface area contributed by atoms with Gasteiger partial charge in [0, 0.05) is 0 Å². The fourth-order valence-corrected chi connectivity index (χ4v) is 1.45. The topological polar surface area (TPSA) is 17.1 Å². The molecule has 2 aliphatic carbocycles. The van der Waals surface area contributed by atoms with Gasteiger partial charge in [-0.05, 0) is 18.4 Å². The van der Waals surface area contributed by atoms with E-state index < -0.39 is 0 Å². The van der Waals surface area contributed by atoms with Crippen LogP contribution in [0.1, 0.15) is 6.42 Å². The molecule has 2 unspecified atom stereocenters. The van der Waals surface area contributed by atoms with E-state index in [0.29, 0.717) is 5.92 Å². The summed E-state index contributed by atoms with van der Waals surface area (Å²) >= 11 is 0. The number of fused-ring (bicyclic) bond motifs is 2. The molecule has 0 N–H and O–H groups in total. The first-order valence-electron chi connectivity index (χ1n) is 3.93. The van der Waals surface area contributed by atoms with Crippen molar-refractivity contribution in [2.75, 3.05) is 0 Å². The number of ketones is 1. The van der Waals surface area contributed by atoms with Gasteiger partial charge in [0.05, 0.1) is 5.92 Å². The van der Waals surface area contributed by atoms with Crippen LogP contribution in [0.3, 0.4) is 0 Å². The Morgan fingerprint density at radius 2 is 2.09 bits per heavy atom. The molecule has 2 atom stereocenters. The minimum atomic E-state index is 0.0127. The van der Waals surface area contributed by atoms with Crippen molar-refractivity contribution in [1.82, 2.24) is 0 Å². The maximum atomic E-state index is 11.2. The number of rotatable bonds is 0. The van der Waals surface area contributed by atoms with Crippen molar-refractivity contribution in [3.8, 4) is 0 Å². The molecule has 0 aliphatic heterocycles. The molecule has 2 bridgehead atoms. The van der Waals surface area contributed by atoms with Crippen LogP contribution in [-0.4, -0.2) is 5.78 Å². The van der Waals surface area contributed by atoms with Gasteiger partial charge in [0.1, 0.15) is 0 Å². The lowest BCUT2D eigenvalue weighted by Crippen LogP contribution is -2.05. The van der Waals surface area contributed by atoms with Gasteiger partial charge in [-0.25, -0.2) is 0 Å². The summed E-state index contributed by atoms with van der Waals surface area (Å²) in [6.07, 6.45) is 12.9. The first kappa shape index (κ1) is 6.59. The normalized spacial score (nSPS) is 34.0. The van der Waals surface area contributed by atoms with Crippen molar-refractivity contribution in [3.05, 3.63) is 36.5 Å². The molecule has 1 heteroatoms. The van der Waals surface area contributed by atoms with Gasteiger partial charge in [-0.2, -0.15) is 0 Å². The van der Waals surface area contributed by atoms with Gasteiger partial charge in [-0.15, -0.1) is 0 Å². The van der Waals surface area contributed by atoms with Gasteiger partial charge in [-0.3, -0.25) is 4.79 Å². The molecule has 0 spiro atoms. The minimum Gasteiger partial charge on any atom is -0.294 e. The van der Waals surface area contributed by atoms with E-state index in [1.165, 1.54) is 0 Å². The molecule has 0 aromatic carbocycles. The number of allylic oxidation sites excluding steroid dienone is 6. The summed E-state index contributed by atoms with van der Waals surface area (Å²) in [6.45, 7) is 0. The zero-order valence-corrected chi connectivity index (χ0v) is 6.23. The average molecular weight is 146 g/mol. The molecule has 11 heavy (non-hydrogen) atoms. The van der Waals surface area contributed by atoms with Gasteiger partial charge >= 0.3 is 0 Å². The molecule has 0 amide bonds. The van der Waals surface area contributed by atoms with Crippen LogP contribution in [0.5, 0.6) is 0 Å². The molecule has 1 nitrogen and oxygen atoms in total. The summed E-state index contributed by atoms with van der Waals surface area (Å²) in [5.41, 5.74) is 0. The molecule has 0 aromatic heterocycles. The lowest BCUT2D eigenvalue weighted by molar-refractivity contribution is -0.115. The molecule has 0 saturated carbocycles. The Hall–Kier alpha value is -1.11. The van der Waals surface area contributed by atoms with Crippen molar-refractivity contribution in [1.29, 1.82) is 0 Å². The fraction of sp³-hybridized carbons (Fsp3) is 0.300. The highest BCUT2D eigenvalue weighted by Crippen LogP contribution is 2.20. The third-order valence-corrected chi connectivity index (χ3v) is 2.15. The largest absolute Gasteiger partial charge is 0.294 e. The molecule has 0 heterocycles. The predicted molar refractivity (Wildman–Crippen MR) is 44.0 cm³/mol. The molecular weight excluding hydrogens is 136 g/mol. The zero-order chi connectivity index (χ0) is 7.68. The van der Waals surface area contributed by atoms with Crippen LogP contribution < -0.4 is 0 Å². The molecule has 56 valence electrons. The summed E-state index contributed by atoms with van der Waals surface area (Å²) in [6, 6.07) is 0. The highest BCUT2D eigenvalue weighted by molar-refractivity contribution is 5.94. The van der Waals surface area contributed by atoms with Crippen LogP contribution >= 0.6 is 0 Å². The molecule has 2 rings (SSSR count). The van der Waals surface area contributed by atoms with Crippen LogP contribution in [0.25, 0.3) is 0 Å². The lowest BCUT2D eigenvalue weighted by Gasteiger charge is -2.02. The van der Waals surface area contributed by atoms with Gasteiger partial charge in [0.2, 0.25) is 0 Å². The first-order chi connectivity index (χ1) is 5.36. The Morgan fingerprint density at radius 1 is 1.18 bits per heavy atom. The van der Waals surface area contributed by atoms with Crippen molar-refractivity contribution >= 4 is 5.78 Å². The second-order valence-electron chi connectivity index (χ2n) is 3.00. The van der Waals surface area contributed by atoms with Gasteiger partial charge in [-0.1, -0.05) is 30.4 Å². The van der Waals surface area contributed by atoms with Crippen LogP contribution in [-0.2, 0) is 4.79 Å². The van der Waals surface area contributed by atoms with Gasteiger partial charge in [0.15, 0.2) is 5.78 Å². The van der Waals surface area contributed by atoms with Gasteiger partial charge in [0.25, 0.3) is 0 Å². The van der Waals surface area contributed by atoms with Crippen LogP contribution in [0.15, 0.2) is 36.5 Å². The van der Waals surface area contributed by atoms with E-state index in [0.717, 1.165) is 6.42 Å². The number of hydrogen-bond donors (Lipinski definition) is 0. The van der Waals surface area contributed by atoms with Crippen molar-refractivity contribution in [3.63, 3.8) is 0 Å². The standard InChI is InChI=1S/C10H10O/c11-10-7-5-8-2-1-3-9(10)6-4-8/h1,3-9H,2H2. The summed E-state index contributed by atoms with van der Waals surface area (Å²) in [7, 11) is 0. The third-order valence-electron chi connectivity index (χ3n) is 2.15. The third kappa shape index (κ3) is 1.18. The summed E-state index contributed by atoms with van der Waals surface area (Å²) < 4.78 is 0. The maximum absolute atomic E-state index is 11.2. The summed E-state index contributed by atoms with van der Waals surface area (Å²) in [4.78, 5) is 11.2. The second-order valence-corrected chi connectivity index (χ2v) is 3.00. The molecule has 0 fully saturated rings. The smallest absolute Gasteiger partial charge is 0.165 e. The zero-order valence-electron chi connectivity index (χ0n) is 6.23. The Kier molecular flexibility index (Phi) is 1.50. The molecular formula is C10H10O. The van der Waals surface area contributed by atoms with Crippen molar-refractivity contribution < 1.29 is 4.79 Å². The van der Waals surface area contributed by atoms with E-state index in [1.807, 2.05) is 18.2 Å². The minimum absolute atomic E-state index is 0.0127. The van der Waals surface area contributed by atoms with Gasteiger partial charge < -0.3 is 0 Å². The average Bonchev–Trinajstić information content (AvgIpc) is 2.29. The van der Waals surface area contributed by atoms with Crippen LogP contribution in [0.2, 0.25) is 0 Å². The van der Waals surface area contributed by atoms with E-state index in [4.69, 9.17) is 0 Å². The molecule has 0 saturated heterocycles. The fourth-order valence-electron chi connectivity index (χ4n) is 1.45. The van der Waals surface area contributed by atoms with Crippen molar-refractivity contribution in [2.24, 2.45) is 11.8 Å². The Labute approximate surface area is 66.1 Å². The quantitative estimate of drug-likeness (QED) is 0.477. The Morgan fingerprint density at radius 3 is 3.00 bits per heavy atom. The Balaban J connectivity index is 2.40. The number of hydrogen-bond acceptors (Lipinski definition) is 1. The molecule has 2 aliphatic rings. The van der Waals surface area contributed by atoms with E-state index in [1.54, 1.807) is 6.08 Å². The monoisotopic (exact) mass is 146 g/mol. The SMILES string of the molecule is O=C1C=CC2C=CC1C=CC2. The number of carbonyl (C=O) groups is 1. The van der Waals surface area contributed by atoms with Crippen LogP contribution in [0.4, 0.5) is 0 Å². The van der Waals surface area contributed by atoms with Crippen molar-refractivity contribution in [2.45, 2.75) is 6.42 Å². The highest BCUT2D eigenvalue weighted by Gasteiger charge is 2.15. The highest BCUT2D eigenvalue weighted by atomic mass is 16.1. The molecule has 0 radical (unpaired) electrons. The predicted octanol–water partition coefficient (Wildman–Crippen LogP) is 1.87. The van der Waals surface area contributed by atoms with Crippen LogP contribution in [0, 0.1) is 11.8 Å².